The molecular formula is C13H26O2. The highest BCUT2D eigenvalue weighted by atomic mass is 16.7. The van der Waals surface area contributed by atoms with Crippen LogP contribution in [0.1, 0.15) is 51.9 Å². The van der Waals surface area contributed by atoms with Crippen LogP contribution in [0.15, 0.2) is 12.2 Å². The summed E-state index contributed by atoms with van der Waals surface area (Å²) < 4.78 is 10.3. The first kappa shape index (κ1) is 14.7. The summed E-state index contributed by atoms with van der Waals surface area (Å²) in [6.07, 6.45) is 13.1. The summed E-state index contributed by atoms with van der Waals surface area (Å²) >= 11 is 0. The van der Waals surface area contributed by atoms with Gasteiger partial charge in [-0.05, 0) is 32.6 Å². The fourth-order valence-corrected chi connectivity index (χ4v) is 1.60. The number of unbranched alkanes of at least 4 members (excludes halogenated alkanes) is 5. The third-order valence-electron chi connectivity index (χ3n) is 2.57. The minimum atomic E-state index is -0.00646. The first-order valence-electron chi connectivity index (χ1n) is 6.02. The van der Waals surface area contributed by atoms with Gasteiger partial charge in [0.1, 0.15) is 0 Å². The first-order chi connectivity index (χ1) is 7.35. The lowest BCUT2D eigenvalue weighted by Gasteiger charge is -2.12. The normalized spacial score (nSPS) is 11.7. The average Bonchev–Trinajstić information content (AvgIpc) is 2.27. The lowest BCUT2D eigenvalue weighted by atomic mass is 10.1. The van der Waals surface area contributed by atoms with Crippen molar-refractivity contribution in [1.82, 2.24) is 0 Å². The molecule has 0 N–H and O–H groups in total. The molecule has 0 atom stereocenters. The van der Waals surface area contributed by atoms with Crippen LogP contribution in [-0.4, -0.2) is 20.5 Å². The summed E-state index contributed by atoms with van der Waals surface area (Å²) in [6.45, 7) is 2.08. The molecule has 0 aliphatic carbocycles. The summed E-state index contributed by atoms with van der Waals surface area (Å²) in [5.41, 5.74) is 0. The van der Waals surface area contributed by atoms with Crippen LogP contribution in [0.3, 0.4) is 0 Å². The minimum Gasteiger partial charge on any atom is -0.356 e. The number of rotatable bonds is 10. The Balaban J connectivity index is 3.10. The van der Waals surface area contributed by atoms with Crippen LogP contribution in [0.25, 0.3) is 0 Å². The van der Waals surface area contributed by atoms with Crippen molar-refractivity contribution in [2.75, 3.05) is 14.2 Å². The monoisotopic (exact) mass is 214 g/mol. The van der Waals surface area contributed by atoms with Gasteiger partial charge in [0.15, 0.2) is 6.29 Å². The van der Waals surface area contributed by atoms with Crippen LogP contribution in [-0.2, 0) is 9.47 Å². The van der Waals surface area contributed by atoms with E-state index in [0.29, 0.717) is 0 Å². The maximum Gasteiger partial charge on any atom is 0.156 e. The van der Waals surface area contributed by atoms with Crippen molar-refractivity contribution in [2.45, 2.75) is 58.2 Å². The van der Waals surface area contributed by atoms with E-state index < -0.39 is 0 Å². The second-order valence-electron chi connectivity index (χ2n) is 3.82. The maximum absolute atomic E-state index is 5.13. The number of hydrogen-bond acceptors (Lipinski definition) is 2. The fraction of sp³-hybridized carbons (Fsp3) is 0.846. The van der Waals surface area contributed by atoms with E-state index in [1.807, 2.05) is 0 Å². The van der Waals surface area contributed by atoms with E-state index in [1.54, 1.807) is 14.2 Å². The van der Waals surface area contributed by atoms with Gasteiger partial charge in [0.05, 0.1) is 0 Å². The van der Waals surface area contributed by atoms with Gasteiger partial charge in [-0.2, -0.15) is 0 Å². The summed E-state index contributed by atoms with van der Waals surface area (Å²) in [5.74, 6) is 0. The molecule has 0 bridgehead atoms. The van der Waals surface area contributed by atoms with Gasteiger partial charge in [0.25, 0.3) is 0 Å². The van der Waals surface area contributed by atoms with E-state index in [9.17, 15) is 0 Å². The number of allylic oxidation sites excluding steroid dienone is 2. The van der Waals surface area contributed by atoms with Gasteiger partial charge in [-0.15, -0.1) is 0 Å². The average molecular weight is 214 g/mol. The Labute approximate surface area is 94.7 Å². The van der Waals surface area contributed by atoms with Gasteiger partial charge in [-0.1, -0.05) is 31.4 Å². The molecule has 0 spiro atoms. The molecule has 2 heteroatoms. The van der Waals surface area contributed by atoms with E-state index >= 15 is 0 Å². The third-order valence-corrected chi connectivity index (χ3v) is 2.57. The smallest absolute Gasteiger partial charge is 0.156 e. The number of ether oxygens (including phenoxy) is 2. The molecule has 0 unspecified atom stereocenters. The lowest BCUT2D eigenvalue weighted by molar-refractivity contribution is -0.107. The van der Waals surface area contributed by atoms with Crippen LogP contribution in [0.4, 0.5) is 0 Å². The van der Waals surface area contributed by atoms with Gasteiger partial charge in [-0.25, -0.2) is 0 Å². The highest BCUT2D eigenvalue weighted by Gasteiger charge is 2.03. The largest absolute Gasteiger partial charge is 0.356 e. The lowest BCUT2D eigenvalue weighted by Crippen LogP contribution is -2.12. The molecule has 0 saturated carbocycles. The van der Waals surface area contributed by atoms with E-state index in [0.717, 1.165) is 6.42 Å². The summed E-state index contributed by atoms with van der Waals surface area (Å²) in [6, 6.07) is 0. The molecule has 0 rings (SSSR count). The molecule has 0 amide bonds. The van der Waals surface area contributed by atoms with E-state index in [2.05, 4.69) is 19.1 Å². The molecule has 0 aliphatic rings. The second kappa shape index (κ2) is 11.7. The topological polar surface area (TPSA) is 18.5 Å². The molecule has 0 aromatic heterocycles. The highest BCUT2D eigenvalue weighted by molar-refractivity contribution is 4.76. The summed E-state index contributed by atoms with van der Waals surface area (Å²) in [5, 5.41) is 0. The van der Waals surface area contributed by atoms with E-state index in [-0.39, 0.29) is 6.29 Å². The molecule has 0 aromatic carbocycles. The van der Waals surface area contributed by atoms with Gasteiger partial charge in [-0.3, -0.25) is 0 Å². The second-order valence-corrected chi connectivity index (χ2v) is 3.82. The summed E-state index contributed by atoms with van der Waals surface area (Å²) in [7, 11) is 3.40. The van der Waals surface area contributed by atoms with Crippen molar-refractivity contribution in [2.24, 2.45) is 0 Å². The highest BCUT2D eigenvalue weighted by Crippen LogP contribution is 2.10. The van der Waals surface area contributed by atoms with Crippen LogP contribution in [0, 0.1) is 0 Å². The molecule has 0 fully saturated rings. The van der Waals surface area contributed by atoms with E-state index in [1.165, 1.54) is 38.5 Å². The predicted molar refractivity (Wildman–Crippen MR) is 64.9 cm³/mol. The molecule has 0 heterocycles. The molecule has 2 nitrogen and oxygen atoms in total. The van der Waals surface area contributed by atoms with Crippen molar-refractivity contribution in [3.8, 4) is 0 Å². The minimum absolute atomic E-state index is 0.00646. The molecule has 0 aromatic rings. The zero-order valence-electron chi connectivity index (χ0n) is 10.5. The van der Waals surface area contributed by atoms with Crippen molar-refractivity contribution < 1.29 is 9.47 Å². The third kappa shape index (κ3) is 9.95. The number of methoxy groups -OCH3 is 2. The van der Waals surface area contributed by atoms with Crippen LogP contribution < -0.4 is 0 Å². The molecule has 90 valence electrons. The SMILES string of the molecule is C/C=C/CCCCCCCC(OC)OC. The molecule has 15 heavy (non-hydrogen) atoms. The number of hydrogen-bond donors (Lipinski definition) is 0. The molecular weight excluding hydrogens is 188 g/mol. The standard InChI is InChI=1S/C13H26O2/c1-4-5-6-7-8-9-10-11-12-13(14-2)15-3/h4-5,13H,6-12H2,1-3H3/b5-4+. The van der Waals surface area contributed by atoms with Gasteiger partial charge in [0.2, 0.25) is 0 Å². The zero-order chi connectivity index (χ0) is 11.4. The maximum atomic E-state index is 5.13. The van der Waals surface area contributed by atoms with Crippen LogP contribution in [0.2, 0.25) is 0 Å². The Morgan fingerprint density at radius 1 is 0.933 bits per heavy atom. The Morgan fingerprint density at radius 2 is 1.53 bits per heavy atom. The van der Waals surface area contributed by atoms with Crippen molar-refractivity contribution in [1.29, 1.82) is 0 Å². The van der Waals surface area contributed by atoms with Gasteiger partial charge >= 0.3 is 0 Å². The Morgan fingerprint density at radius 3 is 2.13 bits per heavy atom. The fourth-order valence-electron chi connectivity index (χ4n) is 1.60. The zero-order valence-corrected chi connectivity index (χ0v) is 10.5. The Kier molecular flexibility index (Phi) is 11.5. The molecule has 0 saturated heterocycles. The van der Waals surface area contributed by atoms with Crippen molar-refractivity contribution in [3.63, 3.8) is 0 Å². The van der Waals surface area contributed by atoms with Crippen molar-refractivity contribution >= 4 is 0 Å². The predicted octanol–water partition coefficient (Wildman–Crippen LogP) is 3.91. The van der Waals surface area contributed by atoms with Crippen LogP contribution in [0.5, 0.6) is 0 Å². The summed E-state index contributed by atoms with van der Waals surface area (Å²) in [4.78, 5) is 0. The molecule has 0 aliphatic heterocycles. The quantitative estimate of drug-likeness (QED) is 0.312. The Bertz CT molecular complexity index is 139. The van der Waals surface area contributed by atoms with Gasteiger partial charge < -0.3 is 9.47 Å². The first-order valence-corrected chi connectivity index (χ1v) is 6.02. The Hall–Kier alpha value is -0.340. The van der Waals surface area contributed by atoms with E-state index in [4.69, 9.17) is 9.47 Å². The van der Waals surface area contributed by atoms with Gasteiger partial charge in [0, 0.05) is 14.2 Å². The van der Waals surface area contributed by atoms with Crippen LogP contribution >= 0.6 is 0 Å². The van der Waals surface area contributed by atoms with Crippen molar-refractivity contribution in [3.05, 3.63) is 12.2 Å². The molecule has 0 radical (unpaired) electrons.